The lowest BCUT2D eigenvalue weighted by Gasteiger charge is -1.91. The van der Waals surface area contributed by atoms with Crippen LogP contribution < -0.4 is 0 Å². The van der Waals surface area contributed by atoms with E-state index in [2.05, 4.69) is 23.0 Å². The van der Waals surface area contributed by atoms with Gasteiger partial charge in [-0.1, -0.05) is 24.4 Å². The SMILES string of the molecule is C=C1CN=C(c2cccs2)S1. The quantitative estimate of drug-likeness (QED) is 0.649. The van der Waals surface area contributed by atoms with Gasteiger partial charge in [-0.05, 0) is 11.4 Å². The average Bonchev–Trinajstić information content (AvgIpc) is 2.55. The normalized spacial score (nSPS) is 17.1. The lowest BCUT2D eigenvalue weighted by molar-refractivity contribution is 1.26. The van der Waals surface area contributed by atoms with Gasteiger partial charge in [-0.15, -0.1) is 11.3 Å². The zero-order valence-electron chi connectivity index (χ0n) is 5.91. The molecule has 2 heterocycles. The average molecular weight is 181 g/mol. The van der Waals surface area contributed by atoms with Gasteiger partial charge in [0, 0.05) is 4.91 Å². The zero-order valence-corrected chi connectivity index (χ0v) is 7.54. The van der Waals surface area contributed by atoms with E-state index in [0.29, 0.717) is 0 Å². The van der Waals surface area contributed by atoms with E-state index >= 15 is 0 Å². The van der Waals surface area contributed by atoms with Crippen molar-refractivity contribution in [3.05, 3.63) is 33.9 Å². The second kappa shape index (κ2) is 2.83. The molecule has 0 spiro atoms. The predicted octanol–water partition coefficient (Wildman–Crippen LogP) is 2.76. The fourth-order valence-electron chi connectivity index (χ4n) is 0.890. The fourth-order valence-corrected chi connectivity index (χ4v) is 2.49. The highest BCUT2D eigenvalue weighted by Crippen LogP contribution is 2.29. The minimum atomic E-state index is 0.790. The van der Waals surface area contributed by atoms with Crippen LogP contribution in [0.15, 0.2) is 34.0 Å². The maximum absolute atomic E-state index is 4.35. The van der Waals surface area contributed by atoms with Gasteiger partial charge in [0.2, 0.25) is 0 Å². The first-order valence-electron chi connectivity index (χ1n) is 3.30. The number of rotatable bonds is 1. The smallest absolute Gasteiger partial charge is 0.113 e. The summed E-state index contributed by atoms with van der Waals surface area (Å²) in [6, 6.07) is 4.14. The summed E-state index contributed by atoms with van der Waals surface area (Å²) >= 11 is 3.42. The van der Waals surface area contributed by atoms with Crippen molar-refractivity contribution in [1.82, 2.24) is 0 Å². The summed E-state index contributed by atoms with van der Waals surface area (Å²) < 4.78 is 0. The standard InChI is InChI=1S/C8H7NS2/c1-6-5-9-8(11-6)7-3-2-4-10-7/h2-4H,1,5H2. The molecule has 3 heteroatoms. The van der Waals surface area contributed by atoms with E-state index in [9.17, 15) is 0 Å². The van der Waals surface area contributed by atoms with Crippen molar-refractivity contribution < 1.29 is 0 Å². The molecule has 0 aliphatic carbocycles. The third-order valence-corrected chi connectivity index (χ3v) is 3.34. The third-order valence-electron chi connectivity index (χ3n) is 1.37. The van der Waals surface area contributed by atoms with Gasteiger partial charge in [0.1, 0.15) is 5.04 Å². The molecule has 0 fully saturated rings. The van der Waals surface area contributed by atoms with Gasteiger partial charge in [0.15, 0.2) is 0 Å². The Morgan fingerprint density at radius 1 is 1.55 bits per heavy atom. The molecule has 0 N–H and O–H groups in total. The Balaban J connectivity index is 2.26. The first kappa shape index (κ1) is 7.13. The molecule has 0 atom stereocenters. The van der Waals surface area contributed by atoms with Crippen LogP contribution >= 0.6 is 23.1 Å². The Kier molecular flexibility index (Phi) is 1.84. The van der Waals surface area contributed by atoms with Crippen LogP contribution in [0.4, 0.5) is 0 Å². The number of aliphatic imine (C=N–C) groups is 1. The van der Waals surface area contributed by atoms with Crippen molar-refractivity contribution in [2.75, 3.05) is 6.54 Å². The Hall–Kier alpha value is -0.540. The van der Waals surface area contributed by atoms with Gasteiger partial charge in [0.05, 0.1) is 11.4 Å². The Labute approximate surface area is 73.9 Å². The third kappa shape index (κ3) is 1.39. The molecule has 0 saturated carbocycles. The maximum Gasteiger partial charge on any atom is 0.113 e. The molecule has 1 nitrogen and oxygen atoms in total. The number of hydrogen-bond donors (Lipinski definition) is 0. The van der Waals surface area contributed by atoms with Crippen molar-refractivity contribution >= 4 is 28.1 Å². The molecular formula is C8H7NS2. The van der Waals surface area contributed by atoms with E-state index in [1.807, 2.05) is 6.07 Å². The summed E-state index contributed by atoms with van der Waals surface area (Å²) in [6.45, 7) is 4.66. The summed E-state index contributed by atoms with van der Waals surface area (Å²) in [5, 5.41) is 3.20. The van der Waals surface area contributed by atoms with Crippen LogP contribution in [0.5, 0.6) is 0 Å². The first-order valence-corrected chi connectivity index (χ1v) is 5.00. The highest BCUT2D eigenvalue weighted by Gasteiger charge is 2.12. The molecule has 1 aromatic heterocycles. The van der Waals surface area contributed by atoms with E-state index in [1.54, 1.807) is 23.1 Å². The summed E-state index contributed by atoms with van der Waals surface area (Å²) in [7, 11) is 0. The molecule has 2 rings (SSSR count). The highest BCUT2D eigenvalue weighted by atomic mass is 32.2. The molecule has 0 unspecified atom stereocenters. The van der Waals surface area contributed by atoms with Crippen molar-refractivity contribution in [2.24, 2.45) is 4.99 Å². The van der Waals surface area contributed by atoms with Gasteiger partial charge in [-0.3, -0.25) is 4.99 Å². The van der Waals surface area contributed by atoms with Crippen LogP contribution in [-0.4, -0.2) is 11.6 Å². The van der Waals surface area contributed by atoms with E-state index in [4.69, 9.17) is 0 Å². The fraction of sp³-hybridized carbons (Fsp3) is 0.125. The molecule has 11 heavy (non-hydrogen) atoms. The van der Waals surface area contributed by atoms with E-state index in [1.165, 1.54) is 4.88 Å². The van der Waals surface area contributed by atoms with Crippen molar-refractivity contribution in [2.45, 2.75) is 0 Å². The second-order valence-electron chi connectivity index (χ2n) is 2.24. The maximum atomic E-state index is 4.35. The van der Waals surface area contributed by atoms with Crippen LogP contribution in [0.3, 0.4) is 0 Å². The number of thiophene rings is 1. The van der Waals surface area contributed by atoms with Gasteiger partial charge in [0.25, 0.3) is 0 Å². The van der Waals surface area contributed by atoms with E-state index < -0.39 is 0 Å². The Bertz CT molecular complexity index is 298. The van der Waals surface area contributed by atoms with Gasteiger partial charge < -0.3 is 0 Å². The molecule has 56 valence electrons. The van der Waals surface area contributed by atoms with Crippen LogP contribution in [0.1, 0.15) is 4.88 Å². The first-order chi connectivity index (χ1) is 5.36. The molecule has 1 aromatic rings. The van der Waals surface area contributed by atoms with Crippen LogP contribution in [0.25, 0.3) is 0 Å². The molecule has 1 aliphatic rings. The zero-order chi connectivity index (χ0) is 7.68. The molecule has 0 radical (unpaired) electrons. The van der Waals surface area contributed by atoms with Crippen LogP contribution in [0.2, 0.25) is 0 Å². The largest absolute Gasteiger partial charge is 0.271 e. The Morgan fingerprint density at radius 3 is 3.00 bits per heavy atom. The van der Waals surface area contributed by atoms with Crippen LogP contribution in [0, 0.1) is 0 Å². The van der Waals surface area contributed by atoms with Crippen molar-refractivity contribution in [3.63, 3.8) is 0 Å². The summed E-state index contributed by atoms with van der Waals surface area (Å²) in [4.78, 5) is 6.75. The van der Waals surface area contributed by atoms with Gasteiger partial charge in [-0.25, -0.2) is 0 Å². The molecule has 0 saturated heterocycles. The lowest BCUT2D eigenvalue weighted by atomic mass is 10.5. The minimum Gasteiger partial charge on any atom is -0.271 e. The molecule has 1 aliphatic heterocycles. The summed E-state index contributed by atoms with van der Waals surface area (Å²) in [6.07, 6.45) is 0. The Morgan fingerprint density at radius 2 is 2.45 bits per heavy atom. The summed E-state index contributed by atoms with van der Waals surface area (Å²) in [5.41, 5.74) is 0. The highest BCUT2D eigenvalue weighted by molar-refractivity contribution is 8.18. The van der Waals surface area contributed by atoms with E-state index in [0.717, 1.165) is 16.5 Å². The lowest BCUT2D eigenvalue weighted by Crippen LogP contribution is -1.83. The molecule has 0 amide bonds. The van der Waals surface area contributed by atoms with Crippen LogP contribution in [-0.2, 0) is 0 Å². The second-order valence-corrected chi connectivity index (χ2v) is 4.36. The molecular weight excluding hydrogens is 174 g/mol. The van der Waals surface area contributed by atoms with Crippen molar-refractivity contribution in [1.29, 1.82) is 0 Å². The molecule has 0 bridgehead atoms. The summed E-state index contributed by atoms with van der Waals surface area (Å²) in [5.74, 6) is 0. The number of hydrogen-bond acceptors (Lipinski definition) is 3. The van der Waals surface area contributed by atoms with Gasteiger partial charge in [-0.2, -0.15) is 0 Å². The predicted molar refractivity (Wildman–Crippen MR) is 52.5 cm³/mol. The topological polar surface area (TPSA) is 12.4 Å². The van der Waals surface area contributed by atoms with Gasteiger partial charge >= 0.3 is 0 Å². The van der Waals surface area contributed by atoms with Crippen molar-refractivity contribution in [3.8, 4) is 0 Å². The monoisotopic (exact) mass is 181 g/mol. The minimum absolute atomic E-state index is 0.790. The number of thioether (sulfide) groups is 1. The number of nitrogens with zero attached hydrogens (tertiary/aromatic N) is 1. The van der Waals surface area contributed by atoms with E-state index in [-0.39, 0.29) is 0 Å². The molecule has 0 aromatic carbocycles.